The Kier molecular flexibility index (Phi) is 4.14. The molecule has 0 saturated carbocycles. The van der Waals surface area contributed by atoms with Gasteiger partial charge in [-0.05, 0) is 56.0 Å². The molecule has 1 unspecified atom stereocenters. The van der Waals surface area contributed by atoms with Crippen LogP contribution < -0.4 is 20.3 Å². The number of amides is 2. The van der Waals surface area contributed by atoms with Gasteiger partial charge in [-0.3, -0.25) is 14.9 Å². The Balaban J connectivity index is 1.58. The molecule has 3 aliphatic rings. The third kappa shape index (κ3) is 2.86. The number of imide groups is 1. The molecule has 1 aromatic carbocycles. The fraction of sp³-hybridized carbons (Fsp3) is 0.556. The fourth-order valence-electron chi connectivity index (χ4n) is 3.97. The molecule has 0 aliphatic carbocycles. The summed E-state index contributed by atoms with van der Waals surface area (Å²) < 4.78 is 5.88. The largest absolute Gasteiger partial charge is 0.490 e. The van der Waals surface area contributed by atoms with Gasteiger partial charge in [0.2, 0.25) is 11.8 Å². The van der Waals surface area contributed by atoms with Crippen molar-refractivity contribution in [1.29, 1.82) is 0 Å². The van der Waals surface area contributed by atoms with Crippen LogP contribution in [0.5, 0.6) is 5.75 Å². The number of carbonyl (C=O) groups is 2. The van der Waals surface area contributed by atoms with Crippen molar-refractivity contribution in [2.24, 2.45) is 0 Å². The number of hydrogen-bond donors (Lipinski definition) is 2. The maximum absolute atomic E-state index is 12.2. The standard InChI is InChI=1S/C18H23N3O3/c22-17-4-3-15(18(23)20-17)21-9-10-24-16-11-13(1-2-14(16)21)12-5-7-19-8-6-12/h1-2,11-12,15,19H,3-10H2,(H,20,22,23). The second-order valence-corrected chi connectivity index (χ2v) is 6.76. The molecule has 128 valence electrons. The molecule has 0 aromatic heterocycles. The van der Waals surface area contributed by atoms with E-state index in [0.717, 1.165) is 37.4 Å². The first-order valence-corrected chi connectivity index (χ1v) is 8.80. The van der Waals surface area contributed by atoms with Gasteiger partial charge in [-0.2, -0.15) is 0 Å². The van der Waals surface area contributed by atoms with E-state index >= 15 is 0 Å². The molecule has 1 atom stereocenters. The van der Waals surface area contributed by atoms with Gasteiger partial charge in [0.15, 0.2) is 0 Å². The number of nitrogens with one attached hydrogen (secondary N) is 2. The third-order valence-corrected chi connectivity index (χ3v) is 5.28. The van der Waals surface area contributed by atoms with Crippen LogP contribution in [0.4, 0.5) is 5.69 Å². The molecule has 6 heteroatoms. The first-order valence-electron chi connectivity index (χ1n) is 8.80. The van der Waals surface area contributed by atoms with Crippen LogP contribution >= 0.6 is 0 Å². The van der Waals surface area contributed by atoms with Crippen molar-refractivity contribution in [3.05, 3.63) is 23.8 Å². The number of benzene rings is 1. The number of anilines is 1. The number of hydrogen-bond acceptors (Lipinski definition) is 5. The zero-order chi connectivity index (χ0) is 16.5. The van der Waals surface area contributed by atoms with E-state index in [1.807, 2.05) is 0 Å². The molecular formula is C18H23N3O3. The number of rotatable bonds is 2. The lowest BCUT2D eigenvalue weighted by molar-refractivity contribution is -0.134. The van der Waals surface area contributed by atoms with Gasteiger partial charge in [0.1, 0.15) is 18.4 Å². The average Bonchev–Trinajstić information content (AvgIpc) is 2.62. The topological polar surface area (TPSA) is 70.7 Å². The van der Waals surface area contributed by atoms with Crippen molar-refractivity contribution in [3.8, 4) is 5.75 Å². The van der Waals surface area contributed by atoms with E-state index in [-0.39, 0.29) is 17.9 Å². The maximum Gasteiger partial charge on any atom is 0.249 e. The molecular weight excluding hydrogens is 306 g/mol. The maximum atomic E-state index is 12.2. The lowest BCUT2D eigenvalue weighted by Crippen LogP contribution is -2.54. The third-order valence-electron chi connectivity index (χ3n) is 5.28. The van der Waals surface area contributed by atoms with Crippen LogP contribution in [0, 0.1) is 0 Å². The predicted molar refractivity (Wildman–Crippen MR) is 90.3 cm³/mol. The second-order valence-electron chi connectivity index (χ2n) is 6.76. The molecule has 24 heavy (non-hydrogen) atoms. The Labute approximate surface area is 141 Å². The number of nitrogens with zero attached hydrogens (tertiary/aromatic N) is 1. The van der Waals surface area contributed by atoms with E-state index in [4.69, 9.17) is 4.74 Å². The Bertz CT molecular complexity index is 655. The van der Waals surface area contributed by atoms with Crippen LogP contribution in [0.25, 0.3) is 0 Å². The minimum Gasteiger partial charge on any atom is -0.490 e. The van der Waals surface area contributed by atoms with Crippen LogP contribution in [-0.4, -0.2) is 44.1 Å². The zero-order valence-electron chi connectivity index (χ0n) is 13.7. The molecule has 3 heterocycles. The highest BCUT2D eigenvalue weighted by atomic mass is 16.5. The quantitative estimate of drug-likeness (QED) is 0.797. The summed E-state index contributed by atoms with van der Waals surface area (Å²) in [5, 5.41) is 5.85. The minimum absolute atomic E-state index is 0.175. The number of piperidine rings is 2. The van der Waals surface area contributed by atoms with Crippen LogP contribution in [0.2, 0.25) is 0 Å². The zero-order valence-corrected chi connectivity index (χ0v) is 13.7. The molecule has 1 aromatic rings. The SMILES string of the molecule is O=C1CCC(N2CCOc3cc(C4CCNCC4)ccc32)C(=O)N1. The van der Waals surface area contributed by atoms with Crippen LogP contribution in [-0.2, 0) is 9.59 Å². The summed E-state index contributed by atoms with van der Waals surface area (Å²) in [6.45, 7) is 3.36. The van der Waals surface area contributed by atoms with Crippen LogP contribution in [0.15, 0.2) is 18.2 Å². The molecule has 2 N–H and O–H groups in total. The van der Waals surface area contributed by atoms with Crippen LogP contribution in [0.3, 0.4) is 0 Å². The van der Waals surface area contributed by atoms with Gasteiger partial charge in [-0.25, -0.2) is 0 Å². The van der Waals surface area contributed by atoms with E-state index in [1.54, 1.807) is 0 Å². The summed E-state index contributed by atoms with van der Waals surface area (Å²) in [6.07, 6.45) is 3.27. The van der Waals surface area contributed by atoms with E-state index < -0.39 is 0 Å². The molecule has 0 radical (unpaired) electrons. The van der Waals surface area contributed by atoms with Crippen LogP contribution in [0.1, 0.15) is 37.2 Å². The highest BCUT2D eigenvalue weighted by molar-refractivity contribution is 6.01. The van der Waals surface area contributed by atoms with E-state index in [2.05, 4.69) is 33.7 Å². The highest BCUT2D eigenvalue weighted by Crippen LogP contribution is 2.38. The highest BCUT2D eigenvalue weighted by Gasteiger charge is 2.34. The normalized spacial score (nSPS) is 25.0. The van der Waals surface area contributed by atoms with Gasteiger partial charge in [-0.1, -0.05) is 6.07 Å². The molecule has 0 spiro atoms. The van der Waals surface area contributed by atoms with Gasteiger partial charge in [0.25, 0.3) is 0 Å². The van der Waals surface area contributed by atoms with Crippen molar-refractivity contribution in [2.75, 3.05) is 31.1 Å². The van der Waals surface area contributed by atoms with Crippen molar-refractivity contribution >= 4 is 17.5 Å². The summed E-state index contributed by atoms with van der Waals surface area (Å²) in [5.74, 6) is 1.07. The van der Waals surface area contributed by atoms with Gasteiger partial charge in [0.05, 0.1) is 12.2 Å². The minimum atomic E-state index is -0.282. The van der Waals surface area contributed by atoms with E-state index in [9.17, 15) is 9.59 Å². The number of ether oxygens (including phenoxy) is 1. The first kappa shape index (κ1) is 15.4. The molecule has 2 amide bonds. The Morgan fingerprint density at radius 3 is 2.75 bits per heavy atom. The van der Waals surface area contributed by atoms with Gasteiger partial charge >= 0.3 is 0 Å². The molecule has 3 aliphatic heterocycles. The lowest BCUT2D eigenvalue weighted by atomic mass is 9.89. The summed E-state index contributed by atoms with van der Waals surface area (Å²) in [5.41, 5.74) is 2.29. The molecule has 2 saturated heterocycles. The van der Waals surface area contributed by atoms with Gasteiger partial charge in [-0.15, -0.1) is 0 Å². The molecule has 0 bridgehead atoms. The molecule has 4 rings (SSSR count). The van der Waals surface area contributed by atoms with Crippen molar-refractivity contribution < 1.29 is 14.3 Å². The van der Waals surface area contributed by atoms with Crippen molar-refractivity contribution in [3.63, 3.8) is 0 Å². The van der Waals surface area contributed by atoms with E-state index in [0.29, 0.717) is 31.9 Å². The summed E-state index contributed by atoms with van der Waals surface area (Å²) in [6, 6.07) is 6.11. The van der Waals surface area contributed by atoms with Gasteiger partial charge in [0, 0.05) is 6.42 Å². The first-order chi connectivity index (χ1) is 11.7. The fourth-order valence-corrected chi connectivity index (χ4v) is 3.97. The van der Waals surface area contributed by atoms with Crippen molar-refractivity contribution in [1.82, 2.24) is 10.6 Å². The summed E-state index contributed by atoms with van der Waals surface area (Å²) >= 11 is 0. The molecule has 6 nitrogen and oxygen atoms in total. The lowest BCUT2D eigenvalue weighted by Gasteiger charge is -2.38. The Morgan fingerprint density at radius 2 is 1.96 bits per heavy atom. The second kappa shape index (κ2) is 6.43. The van der Waals surface area contributed by atoms with Crippen molar-refractivity contribution in [2.45, 2.75) is 37.6 Å². The number of carbonyl (C=O) groups excluding carboxylic acids is 2. The van der Waals surface area contributed by atoms with Gasteiger partial charge < -0.3 is 15.0 Å². The number of fused-ring (bicyclic) bond motifs is 1. The van der Waals surface area contributed by atoms with E-state index in [1.165, 1.54) is 5.56 Å². The smallest absolute Gasteiger partial charge is 0.249 e. The average molecular weight is 329 g/mol. The Morgan fingerprint density at radius 1 is 1.12 bits per heavy atom. The summed E-state index contributed by atoms with van der Waals surface area (Å²) in [7, 11) is 0. The predicted octanol–water partition coefficient (Wildman–Crippen LogP) is 1.16. The molecule has 2 fully saturated rings. The monoisotopic (exact) mass is 329 g/mol. The summed E-state index contributed by atoms with van der Waals surface area (Å²) in [4.78, 5) is 25.7. The Hall–Kier alpha value is -2.08.